The van der Waals surface area contributed by atoms with Crippen molar-refractivity contribution >= 4 is 23.4 Å². The van der Waals surface area contributed by atoms with Gasteiger partial charge in [0.1, 0.15) is 6.04 Å². The summed E-state index contributed by atoms with van der Waals surface area (Å²) in [5.74, 6) is -0.304. The van der Waals surface area contributed by atoms with Gasteiger partial charge in [-0.2, -0.15) is 0 Å². The van der Waals surface area contributed by atoms with Crippen molar-refractivity contribution in [3.63, 3.8) is 0 Å². The number of carbonyl (C=O) groups excluding carboxylic acids is 2. The molecule has 2 aromatic carbocycles. The summed E-state index contributed by atoms with van der Waals surface area (Å²) < 4.78 is 0. The third-order valence-corrected chi connectivity index (χ3v) is 4.73. The van der Waals surface area contributed by atoms with Crippen LogP contribution in [0.2, 0.25) is 5.02 Å². The smallest absolute Gasteiger partial charge is 0.243 e. The molecule has 28 heavy (non-hydrogen) atoms. The molecule has 2 N–H and O–H groups in total. The molecular formula is C22H27ClN2O3. The number of rotatable bonds is 10. The highest BCUT2D eigenvalue weighted by Gasteiger charge is 2.29. The van der Waals surface area contributed by atoms with Crippen molar-refractivity contribution in [2.45, 2.75) is 38.8 Å². The standard InChI is InChI=1S/C22H27ClN2O3/c1-2-21(27)25(16-18-9-11-19(23)12-10-18)20(22(28)24-13-6-14-26)15-17-7-4-3-5-8-17/h3-5,7-12,20,26H,2,6,13-16H2,1H3,(H,24,28)/t20-/m1/s1. The fourth-order valence-corrected chi connectivity index (χ4v) is 3.08. The van der Waals surface area contributed by atoms with Crippen molar-refractivity contribution in [1.82, 2.24) is 10.2 Å². The molecule has 6 heteroatoms. The van der Waals surface area contributed by atoms with E-state index in [0.29, 0.717) is 37.4 Å². The summed E-state index contributed by atoms with van der Waals surface area (Å²) in [5, 5.41) is 12.4. The van der Waals surface area contributed by atoms with Gasteiger partial charge in [-0.25, -0.2) is 0 Å². The summed E-state index contributed by atoms with van der Waals surface area (Å²) in [6.45, 7) is 2.50. The number of amides is 2. The van der Waals surface area contributed by atoms with Crippen LogP contribution in [-0.2, 0) is 22.6 Å². The molecule has 2 amide bonds. The van der Waals surface area contributed by atoms with Crippen molar-refractivity contribution in [3.8, 4) is 0 Å². The van der Waals surface area contributed by atoms with Crippen molar-refractivity contribution < 1.29 is 14.7 Å². The molecule has 5 nitrogen and oxygen atoms in total. The third kappa shape index (κ3) is 6.66. The minimum Gasteiger partial charge on any atom is -0.396 e. The Labute approximate surface area is 171 Å². The van der Waals surface area contributed by atoms with Crippen LogP contribution in [0.15, 0.2) is 54.6 Å². The predicted octanol–water partition coefficient (Wildman–Crippen LogP) is 3.19. The van der Waals surface area contributed by atoms with E-state index in [1.54, 1.807) is 24.0 Å². The molecule has 0 heterocycles. The van der Waals surface area contributed by atoms with Gasteiger partial charge in [-0.3, -0.25) is 9.59 Å². The highest BCUT2D eigenvalue weighted by atomic mass is 35.5. The third-order valence-electron chi connectivity index (χ3n) is 4.47. The minimum absolute atomic E-state index is 0.00596. The zero-order valence-electron chi connectivity index (χ0n) is 16.1. The van der Waals surface area contributed by atoms with Crippen LogP contribution < -0.4 is 5.32 Å². The van der Waals surface area contributed by atoms with Gasteiger partial charge in [0.2, 0.25) is 11.8 Å². The van der Waals surface area contributed by atoms with Gasteiger partial charge in [-0.05, 0) is 29.7 Å². The molecule has 0 spiro atoms. The molecular weight excluding hydrogens is 376 g/mol. The van der Waals surface area contributed by atoms with Crippen LogP contribution in [0, 0.1) is 0 Å². The second-order valence-electron chi connectivity index (χ2n) is 6.58. The summed E-state index contributed by atoms with van der Waals surface area (Å²) in [5.41, 5.74) is 1.89. The first-order valence-corrected chi connectivity index (χ1v) is 9.89. The monoisotopic (exact) mass is 402 g/mol. The average molecular weight is 403 g/mol. The Morgan fingerprint density at radius 1 is 1.07 bits per heavy atom. The Bertz CT molecular complexity index is 750. The number of benzene rings is 2. The maximum absolute atomic E-state index is 12.9. The fraction of sp³-hybridized carbons (Fsp3) is 0.364. The Morgan fingerprint density at radius 3 is 2.36 bits per heavy atom. The van der Waals surface area contributed by atoms with Crippen LogP contribution in [0.4, 0.5) is 0 Å². The summed E-state index contributed by atoms with van der Waals surface area (Å²) in [6, 6.07) is 16.3. The largest absolute Gasteiger partial charge is 0.396 e. The molecule has 1 atom stereocenters. The van der Waals surface area contributed by atoms with E-state index in [4.69, 9.17) is 16.7 Å². The molecule has 0 unspecified atom stereocenters. The van der Waals surface area contributed by atoms with Gasteiger partial charge >= 0.3 is 0 Å². The second kappa shape index (κ2) is 11.5. The van der Waals surface area contributed by atoms with Gasteiger partial charge in [-0.1, -0.05) is 61.0 Å². The van der Waals surface area contributed by atoms with E-state index in [1.807, 2.05) is 42.5 Å². The molecule has 0 saturated heterocycles. The van der Waals surface area contributed by atoms with Crippen molar-refractivity contribution in [2.24, 2.45) is 0 Å². The van der Waals surface area contributed by atoms with E-state index < -0.39 is 6.04 Å². The van der Waals surface area contributed by atoms with Crippen LogP contribution in [0.3, 0.4) is 0 Å². The first-order chi connectivity index (χ1) is 13.5. The molecule has 0 aliphatic carbocycles. The van der Waals surface area contributed by atoms with Gasteiger partial charge in [0.25, 0.3) is 0 Å². The van der Waals surface area contributed by atoms with E-state index in [0.717, 1.165) is 11.1 Å². The van der Waals surface area contributed by atoms with Crippen LogP contribution in [-0.4, -0.2) is 41.0 Å². The topological polar surface area (TPSA) is 69.6 Å². The van der Waals surface area contributed by atoms with Gasteiger partial charge in [-0.15, -0.1) is 0 Å². The van der Waals surface area contributed by atoms with Crippen LogP contribution in [0.5, 0.6) is 0 Å². The predicted molar refractivity (Wildman–Crippen MR) is 111 cm³/mol. The number of aliphatic hydroxyl groups is 1. The van der Waals surface area contributed by atoms with E-state index in [1.165, 1.54) is 0 Å². The number of nitrogens with zero attached hydrogens (tertiary/aromatic N) is 1. The Balaban J connectivity index is 2.28. The van der Waals surface area contributed by atoms with E-state index >= 15 is 0 Å². The van der Waals surface area contributed by atoms with E-state index in [2.05, 4.69) is 5.32 Å². The minimum atomic E-state index is -0.635. The molecule has 0 fully saturated rings. The number of hydrogen-bond donors (Lipinski definition) is 2. The summed E-state index contributed by atoms with van der Waals surface area (Å²) in [7, 11) is 0. The lowest BCUT2D eigenvalue weighted by atomic mass is 10.0. The Morgan fingerprint density at radius 2 is 1.75 bits per heavy atom. The first-order valence-electron chi connectivity index (χ1n) is 9.51. The molecule has 2 rings (SSSR count). The number of halogens is 1. The quantitative estimate of drug-likeness (QED) is 0.599. The maximum Gasteiger partial charge on any atom is 0.243 e. The Kier molecular flexibility index (Phi) is 8.98. The lowest BCUT2D eigenvalue weighted by Crippen LogP contribution is -2.50. The molecule has 0 saturated carbocycles. The molecule has 2 aromatic rings. The van der Waals surface area contributed by atoms with Crippen LogP contribution in [0.1, 0.15) is 30.9 Å². The molecule has 150 valence electrons. The first kappa shape index (κ1) is 21.9. The van der Waals surface area contributed by atoms with Gasteiger partial charge < -0.3 is 15.3 Å². The lowest BCUT2D eigenvalue weighted by molar-refractivity contribution is -0.141. The molecule has 0 aromatic heterocycles. The maximum atomic E-state index is 12.9. The molecule has 0 aliphatic rings. The average Bonchev–Trinajstić information content (AvgIpc) is 2.72. The number of nitrogens with one attached hydrogen (secondary N) is 1. The second-order valence-corrected chi connectivity index (χ2v) is 7.01. The zero-order chi connectivity index (χ0) is 20.4. The molecule has 0 bridgehead atoms. The molecule has 0 radical (unpaired) electrons. The SMILES string of the molecule is CCC(=O)N(Cc1ccc(Cl)cc1)[C@H](Cc1ccccc1)C(=O)NCCCO. The van der Waals surface area contributed by atoms with Crippen molar-refractivity contribution in [2.75, 3.05) is 13.2 Å². The van der Waals surface area contributed by atoms with Crippen LogP contribution in [0.25, 0.3) is 0 Å². The van der Waals surface area contributed by atoms with Gasteiger partial charge in [0.15, 0.2) is 0 Å². The normalized spacial score (nSPS) is 11.7. The fourth-order valence-electron chi connectivity index (χ4n) is 2.95. The number of aliphatic hydroxyl groups excluding tert-OH is 1. The lowest BCUT2D eigenvalue weighted by Gasteiger charge is -2.31. The van der Waals surface area contributed by atoms with Crippen LogP contribution >= 0.6 is 11.6 Å². The number of hydrogen-bond acceptors (Lipinski definition) is 3. The highest BCUT2D eigenvalue weighted by Crippen LogP contribution is 2.17. The Hall–Kier alpha value is -2.37. The zero-order valence-corrected chi connectivity index (χ0v) is 16.9. The van der Waals surface area contributed by atoms with Gasteiger partial charge in [0.05, 0.1) is 0 Å². The van der Waals surface area contributed by atoms with Crippen molar-refractivity contribution in [3.05, 3.63) is 70.7 Å². The molecule has 0 aliphatic heterocycles. The summed E-state index contributed by atoms with van der Waals surface area (Å²) in [4.78, 5) is 27.3. The van der Waals surface area contributed by atoms with E-state index in [9.17, 15) is 9.59 Å². The van der Waals surface area contributed by atoms with Gasteiger partial charge in [0, 0.05) is 37.6 Å². The summed E-state index contributed by atoms with van der Waals surface area (Å²) in [6.07, 6.45) is 1.20. The number of carbonyl (C=O) groups is 2. The van der Waals surface area contributed by atoms with Crippen molar-refractivity contribution in [1.29, 1.82) is 0 Å². The summed E-state index contributed by atoms with van der Waals surface area (Å²) >= 11 is 5.96. The van der Waals surface area contributed by atoms with E-state index in [-0.39, 0.29) is 18.4 Å². The highest BCUT2D eigenvalue weighted by molar-refractivity contribution is 6.30.